The molecular formula is C15H20N2O3S. The Labute approximate surface area is 128 Å². The zero-order valence-corrected chi connectivity index (χ0v) is 12.9. The molecule has 2 aliphatic rings. The molecule has 21 heavy (non-hydrogen) atoms. The summed E-state index contributed by atoms with van der Waals surface area (Å²) in [6.07, 6.45) is 1.76. The number of carbonyl (C=O) groups is 2. The summed E-state index contributed by atoms with van der Waals surface area (Å²) in [5.74, 6) is -0.654. The lowest BCUT2D eigenvalue weighted by molar-refractivity contribution is -0.144. The standard InChI is InChI=1S/C15H20N2O3S/c1-10-2-5-17(14(10)15(19)20)9-13(18)16-6-3-12-11(8-16)4-7-21-12/h4,7,10,14H,2-3,5-6,8-9H2,1H3,(H,19,20). The monoisotopic (exact) mass is 308 g/mol. The van der Waals surface area contributed by atoms with Gasteiger partial charge in [0, 0.05) is 18.0 Å². The lowest BCUT2D eigenvalue weighted by Crippen LogP contribution is -2.46. The fraction of sp³-hybridized carbons (Fsp3) is 0.600. The van der Waals surface area contributed by atoms with Crippen molar-refractivity contribution in [1.29, 1.82) is 0 Å². The van der Waals surface area contributed by atoms with E-state index < -0.39 is 12.0 Å². The summed E-state index contributed by atoms with van der Waals surface area (Å²) < 4.78 is 0. The second-order valence-corrected chi connectivity index (χ2v) is 6.95. The molecule has 0 aliphatic carbocycles. The third-order valence-electron chi connectivity index (χ3n) is 4.56. The molecule has 1 saturated heterocycles. The highest BCUT2D eigenvalue weighted by molar-refractivity contribution is 7.10. The molecule has 1 fully saturated rings. The fourth-order valence-electron chi connectivity index (χ4n) is 3.34. The van der Waals surface area contributed by atoms with Gasteiger partial charge in [-0.2, -0.15) is 0 Å². The smallest absolute Gasteiger partial charge is 0.321 e. The fourth-order valence-corrected chi connectivity index (χ4v) is 4.23. The highest BCUT2D eigenvalue weighted by atomic mass is 32.1. The first kappa shape index (κ1) is 14.5. The van der Waals surface area contributed by atoms with Crippen molar-refractivity contribution in [3.05, 3.63) is 21.9 Å². The predicted octanol–water partition coefficient (Wildman–Crippen LogP) is 1.43. The molecule has 1 aromatic rings. The number of carbonyl (C=O) groups excluding carboxylic acids is 1. The highest BCUT2D eigenvalue weighted by Gasteiger charge is 2.38. The van der Waals surface area contributed by atoms with Gasteiger partial charge in [0.2, 0.25) is 5.91 Å². The quantitative estimate of drug-likeness (QED) is 0.917. The summed E-state index contributed by atoms with van der Waals surface area (Å²) in [5, 5.41) is 11.4. The molecule has 114 valence electrons. The molecule has 6 heteroatoms. The van der Waals surface area contributed by atoms with Crippen LogP contribution in [0.4, 0.5) is 0 Å². The number of aliphatic carboxylic acids is 1. The SMILES string of the molecule is CC1CCN(CC(=O)N2CCc3sccc3C2)C1C(=O)O. The summed E-state index contributed by atoms with van der Waals surface area (Å²) in [7, 11) is 0. The first-order valence-electron chi connectivity index (χ1n) is 7.36. The molecule has 5 nitrogen and oxygen atoms in total. The Balaban J connectivity index is 1.63. The van der Waals surface area contributed by atoms with E-state index in [1.54, 1.807) is 11.3 Å². The Hall–Kier alpha value is -1.40. The van der Waals surface area contributed by atoms with E-state index in [9.17, 15) is 14.7 Å². The van der Waals surface area contributed by atoms with Gasteiger partial charge in [-0.05, 0) is 42.3 Å². The van der Waals surface area contributed by atoms with Crippen LogP contribution in [-0.2, 0) is 22.6 Å². The lowest BCUT2D eigenvalue weighted by atomic mass is 10.0. The second-order valence-electron chi connectivity index (χ2n) is 5.95. The number of likely N-dealkylation sites (tertiary alicyclic amines) is 1. The Kier molecular flexibility index (Phi) is 3.99. The van der Waals surface area contributed by atoms with Gasteiger partial charge in [-0.3, -0.25) is 14.5 Å². The van der Waals surface area contributed by atoms with E-state index in [4.69, 9.17) is 0 Å². The number of hydrogen-bond donors (Lipinski definition) is 1. The third kappa shape index (κ3) is 2.82. The van der Waals surface area contributed by atoms with Gasteiger partial charge in [0.05, 0.1) is 6.54 Å². The van der Waals surface area contributed by atoms with Crippen molar-refractivity contribution in [3.8, 4) is 0 Å². The number of carboxylic acid groups (broad SMARTS) is 1. The highest BCUT2D eigenvalue weighted by Crippen LogP contribution is 2.26. The molecule has 3 rings (SSSR count). The third-order valence-corrected chi connectivity index (χ3v) is 5.58. The molecule has 2 aliphatic heterocycles. The molecule has 0 aromatic carbocycles. The number of thiophene rings is 1. The topological polar surface area (TPSA) is 60.9 Å². The Morgan fingerprint density at radius 1 is 1.43 bits per heavy atom. The maximum atomic E-state index is 12.5. The molecule has 2 unspecified atom stereocenters. The van der Waals surface area contributed by atoms with Gasteiger partial charge in [0.1, 0.15) is 6.04 Å². The van der Waals surface area contributed by atoms with Gasteiger partial charge >= 0.3 is 5.97 Å². The van der Waals surface area contributed by atoms with Crippen molar-refractivity contribution in [2.75, 3.05) is 19.6 Å². The molecule has 1 N–H and O–H groups in total. The molecule has 0 bridgehead atoms. The van der Waals surface area contributed by atoms with Crippen LogP contribution < -0.4 is 0 Å². The molecule has 1 aromatic heterocycles. The van der Waals surface area contributed by atoms with Gasteiger partial charge in [-0.25, -0.2) is 0 Å². The molecule has 0 saturated carbocycles. The van der Waals surface area contributed by atoms with Crippen molar-refractivity contribution in [2.45, 2.75) is 32.4 Å². The molecule has 1 amide bonds. The predicted molar refractivity (Wildman–Crippen MR) is 80.2 cm³/mol. The second kappa shape index (κ2) is 5.77. The minimum Gasteiger partial charge on any atom is -0.480 e. The van der Waals surface area contributed by atoms with Crippen LogP contribution in [0.2, 0.25) is 0 Å². The Morgan fingerprint density at radius 2 is 2.24 bits per heavy atom. The minimum absolute atomic E-state index is 0.0483. The molecule has 0 radical (unpaired) electrons. The van der Waals surface area contributed by atoms with Gasteiger partial charge < -0.3 is 10.0 Å². The van der Waals surface area contributed by atoms with E-state index in [2.05, 4.69) is 11.4 Å². The van der Waals surface area contributed by atoms with Crippen LogP contribution >= 0.6 is 11.3 Å². The summed E-state index contributed by atoms with van der Waals surface area (Å²) >= 11 is 1.75. The number of hydrogen-bond acceptors (Lipinski definition) is 4. The van der Waals surface area contributed by atoms with Crippen LogP contribution in [0.1, 0.15) is 23.8 Å². The van der Waals surface area contributed by atoms with E-state index in [0.717, 1.165) is 19.4 Å². The minimum atomic E-state index is -0.813. The average Bonchev–Trinajstić information content (AvgIpc) is 3.04. The van der Waals surface area contributed by atoms with E-state index in [1.165, 1.54) is 10.4 Å². The number of fused-ring (bicyclic) bond motifs is 1. The molecule has 0 spiro atoms. The average molecular weight is 308 g/mol. The number of rotatable bonds is 3. The van der Waals surface area contributed by atoms with Crippen molar-refractivity contribution >= 4 is 23.2 Å². The summed E-state index contributed by atoms with van der Waals surface area (Å²) in [6, 6.07) is 1.56. The summed E-state index contributed by atoms with van der Waals surface area (Å²) in [6.45, 7) is 4.27. The lowest BCUT2D eigenvalue weighted by Gasteiger charge is -2.30. The number of carboxylic acids is 1. The van der Waals surface area contributed by atoms with Crippen LogP contribution in [-0.4, -0.2) is 52.5 Å². The van der Waals surface area contributed by atoms with Gasteiger partial charge in [-0.15, -0.1) is 11.3 Å². The van der Waals surface area contributed by atoms with Crippen molar-refractivity contribution < 1.29 is 14.7 Å². The largest absolute Gasteiger partial charge is 0.480 e. The first-order chi connectivity index (χ1) is 10.1. The van der Waals surface area contributed by atoms with Crippen LogP contribution in [0.5, 0.6) is 0 Å². The van der Waals surface area contributed by atoms with Crippen molar-refractivity contribution in [1.82, 2.24) is 9.80 Å². The van der Waals surface area contributed by atoms with E-state index in [1.807, 2.05) is 16.7 Å². The molecular weight excluding hydrogens is 288 g/mol. The first-order valence-corrected chi connectivity index (χ1v) is 8.24. The van der Waals surface area contributed by atoms with Crippen LogP contribution in [0.15, 0.2) is 11.4 Å². The normalized spacial score (nSPS) is 25.9. The van der Waals surface area contributed by atoms with Crippen LogP contribution in [0, 0.1) is 5.92 Å². The summed E-state index contributed by atoms with van der Waals surface area (Å²) in [4.78, 5) is 28.8. The van der Waals surface area contributed by atoms with E-state index >= 15 is 0 Å². The van der Waals surface area contributed by atoms with Crippen molar-refractivity contribution in [2.24, 2.45) is 5.92 Å². The maximum absolute atomic E-state index is 12.5. The number of amides is 1. The molecule has 3 heterocycles. The zero-order valence-electron chi connectivity index (χ0n) is 12.1. The summed E-state index contributed by atoms with van der Waals surface area (Å²) in [5.41, 5.74) is 1.24. The zero-order chi connectivity index (χ0) is 15.0. The van der Waals surface area contributed by atoms with Crippen LogP contribution in [0.3, 0.4) is 0 Å². The van der Waals surface area contributed by atoms with Gasteiger partial charge in [-0.1, -0.05) is 6.92 Å². The Morgan fingerprint density at radius 3 is 3.00 bits per heavy atom. The maximum Gasteiger partial charge on any atom is 0.321 e. The van der Waals surface area contributed by atoms with Crippen molar-refractivity contribution in [3.63, 3.8) is 0 Å². The van der Waals surface area contributed by atoms with E-state index in [-0.39, 0.29) is 18.4 Å². The van der Waals surface area contributed by atoms with Gasteiger partial charge in [0.15, 0.2) is 0 Å². The Bertz CT molecular complexity index is 557. The van der Waals surface area contributed by atoms with Gasteiger partial charge in [0.25, 0.3) is 0 Å². The van der Waals surface area contributed by atoms with Crippen LogP contribution in [0.25, 0.3) is 0 Å². The van der Waals surface area contributed by atoms with E-state index in [0.29, 0.717) is 13.1 Å². The molecule has 2 atom stereocenters. The number of nitrogens with zero attached hydrogens (tertiary/aromatic N) is 2.